The third kappa shape index (κ3) is 21.2. The molecule has 3 heteroatoms. The van der Waals surface area contributed by atoms with E-state index in [1.807, 2.05) is 13.0 Å². The first-order chi connectivity index (χ1) is 16.2. The third-order valence-corrected chi connectivity index (χ3v) is 10.4. The van der Waals surface area contributed by atoms with Crippen LogP contribution in [-0.2, 0) is 21.7 Å². The van der Waals surface area contributed by atoms with Gasteiger partial charge in [-0.3, -0.25) is 4.74 Å². The first-order valence-electron chi connectivity index (χ1n) is 14.4. The van der Waals surface area contributed by atoms with Crippen molar-refractivity contribution in [1.82, 2.24) is 0 Å². The molecule has 1 aliphatic rings. The van der Waals surface area contributed by atoms with Crippen LogP contribution in [0.5, 0.6) is 0 Å². The smallest absolute Gasteiger partial charge is 0.0425 e. The molecule has 1 aliphatic carbocycles. The number of allylic oxidation sites excluding steroid dienone is 7. The maximum Gasteiger partial charge on any atom is 0.0425 e. The molecule has 0 spiro atoms. The van der Waals surface area contributed by atoms with Crippen LogP contribution in [0.3, 0.4) is 0 Å². The molecular weight excluding hydrogens is 465 g/mol. The molecule has 0 aromatic carbocycles. The van der Waals surface area contributed by atoms with Gasteiger partial charge in [0.2, 0.25) is 0 Å². The molecule has 0 saturated heterocycles. The molecule has 0 aromatic heterocycles. The molecule has 0 fully saturated rings. The Kier molecular flexibility index (Phi) is 29.2. The fraction of sp³-hybridized carbons (Fsp3) is 0.742. The van der Waals surface area contributed by atoms with E-state index in [0.717, 1.165) is 6.42 Å². The van der Waals surface area contributed by atoms with Gasteiger partial charge >= 0.3 is 0 Å². The van der Waals surface area contributed by atoms with E-state index in [1.165, 1.54) is 114 Å². The minimum Gasteiger partial charge on any atom is -0.272 e. The Labute approximate surface area is 230 Å². The van der Waals surface area contributed by atoms with Crippen molar-refractivity contribution in [1.29, 1.82) is 0 Å². The molecule has 1 rings (SSSR count). The van der Waals surface area contributed by atoms with Gasteiger partial charge in [0.05, 0.1) is 0 Å². The van der Waals surface area contributed by atoms with Crippen molar-refractivity contribution in [3.63, 3.8) is 0 Å². The average Bonchev–Trinajstić information content (AvgIpc) is 3.33. The van der Waals surface area contributed by atoms with E-state index in [9.17, 15) is 0 Å². The van der Waals surface area contributed by atoms with Crippen LogP contribution in [0.15, 0.2) is 53.0 Å². The molecule has 0 radical (unpaired) electrons. The zero-order valence-corrected chi connectivity index (χ0v) is 26.1. The maximum atomic E-state index is 5.51. The summed E-state index contributed by atoms with van der Waals surface area (Å²) in [6.45, 7) is 11.2. The minimum absolute atomic E-state index is 0. The summed E-state index contributed by atoms with van der Waals surface area (Å²) >= 11 is 0. The van der Waals surface area contributed by atoms with E-state index in [2.05, 4.69) is 64.2 Å². The standard InChI is InChI=1S/C23H44NP.C8H14.Ti/c1-4-7-10-15-20-25(21-16-11-8-5-2,22-17-12-9-6-3)24-23-18-13-14-19-23;1-3-5-7-8-6-4-2;/h13-14,18H,4-12,15-17,19-22H2,1-3H3;3,5,7-8H,4,6H2,1-2H3;. The molecular formula is C31H58NPTi. The van der Waals surface area contributed by atoms with Gasteiger partial charge in [-0.2, -0.15) is 0 Å². The molecule has 196 valence electrons. The van der Waals surface area contributed by atoms with Crippen molar-refractivity contribution in [2.45, 2.75) is 131 Å². The van der Waals surface area contributed by atoms with E-state index in [-0.39, 0.29) is 21.7 Å². The number of nitrogens with zero attached hydrogens (tertiary/aromatic N) is 1. The van der Waals surface area contributed by atoms with Gasteiger partial charge in [-0.05, 0) is 64.2 Å². The van der Waals surface area contributed by atoms with Crippen molar-refractivity contribution in [2.75, 3.05) is 18.5 Å². The van der Waals surface area contributed by atoms with Gasteiger partial charge in [0.1, 0.15) is 0 Å². The van der Waals surface area contributed by atoms with Crippen molar-refractivity contribution in [3.05, 3.63) is 48.2 Å². The molecule has 0 bridgehead atoms. The summed E-state index contributed by atoms with van der Waals surface area (Å²) in [6, 6.07) is 0. The van der Waals surface area contributed by atoms with Crippen molar-refractivity contribution >= 4 is 7.05 Å². The topological polar surface area (TPSA) is 12.4 Å². The molecule has 0 unspecified atom stereocenters. The summed E-state index contributed by atoms with van der Waals surface area (Å²) in [4.78, 5) is 0. The third-order valence-electron chi connectivity index (χ3n) is 6.27. The average molecular weight is 524 g/mol. The molecule has 0 aliphatic heterocycles. The Hall–Kier alpha value is -0.0957. The largest absolute Gasteiger partial charge is 0.272 e. The Morgan fingerprint density at radius 1 is 0.735 bits per heavy atom. The molecule has 0 aromatic rings. The van der Waals surface area contributed by atoms with Crippen LogP contribution < -0.4 is 0 Å². The van der Waals surface area contributed by atoms with E-state index < -0.39 is 7.05 Å². The second-order valence-corrected chi connectivity index (χ2v) is 13.3. The van der Waals surface area contributed by atoms with Gasteiger partial charge < -0.3 is 0 Å². The van der Waals surface area contributed by atoms with Crippen LogP contribution in [0.4, 0.5) is 0 Å². The maximum absolute atomic E-state index is 5.51. The van der Waals surface area contributed by atoms with Crippen LogP contribution in [0.25, 0.3) is 0 Å². The molecule has 0 heterocycles. The van der Waals surface area contributed by atoms with Crippen LogP contribution in [-0.4, -0.2) is 18.5 Å². The van der Waals surface area contributed by atoms with Crippen molar-refractivity contribution in [2.24, 2.45) is 4.74 Å². The predicted octanol–water partition coefficient (Wildman–Crippen LogP) is 11.7. The summed E-state index contributed by atoms with van der Waals surface area (Å²) in [5.74, 6) is 0. The zero-order valence-electron chi connectivity index (χ0n) is 23.7. The predicted molar refractivity (Wildman–Crippen MR) is 157 cm³/mol. The second kappa shape index (κ2) is 27.5. The molecule has 0 N–H and O–H groups in total. The second-order valence-electron chi connectivity index (χ2n) is 9.58. The minimum atomic E-state index is -1.15. The van der Waals surface area contributed by atoms with Crippen molar-refractivity contribution in [3.8, 4) is 0 Å². The zero-order chi connectivity index (χ0) is 24.5. The van der Waals surface area contributed by atoms with Crippen LogP contribution in [0.1, 0.15) is 131 Å². The summed E-state index contributed by atoms with van der Waals surface area (Å²) in [6.07, 6.45) is 39.6. The first kappa shape index (κ1) is 36.1. The quantitative estimate of drug-likeness (QED) is 0.0691. The van der Waals surface area contributed by atoms with Crippen molar-refractivity contribution < 1.29 is 21.7 Å². The van der Waals surface area contributed by atoms with Gasteiger partial charge in [0.15, 0.2) is 0 Å². The summed E-state index contributed by atoms with van der Waals surface area (Å²) in [7, 11) is -1.15. The van der Waals surface area contributed by atoms with E-state index in [4.69, 9.17) is 4.74 Å². The molecule has 34 heavy (non-hydrogen) atoms. The molecule has 0 saturated carbocycles. The van der Waals surface area contributed by atoms with Gasteiger partial charge in [-0.15, -0.1) is 0 Å². The Balaban J connectivity index is 0. The Morgan fingerprint density at radius 2 is 1.26 bits per heavy atom. The van der Waals surface area contributed by atoms with Crippen LogP contribution in [0, 0.1) is 0 Å². The number of unbranched alkanes of at least 4 members (excludes halogenated alkanes) is 10. The molecule has 1 nitrogen and oxygen atoms in total. The van der Waals surface area contributed by atoms with E-state index in [1.54, 1.807) is 0 Å². The normalized spacial score (nSPS) is 13.1. The fourth-order valence-corrected chi connectivity index (χ4v) is 8.32. The number of hydrogen-bond donors (Lipinski definition) is 0. The molecule has 0 atom stereocenters. The summed E-state index contributed by atoms with van der Waals surface area (Å²) < 4.78 is 5.51. The van der Waals surface area contributed by atoms with Gasteiger partial charge in [0.25, 0.3) is 0 Å². The van der Waals surface area contributed by atoms with Crippen LogP contribution >= 0.6 is 7.05 Å². The van der Waals surface area contributed by atoms with Crippen LogP contribution in [0.2, 0.25) is 0 Å². The fourth-order valence-electron chi connectivity index (χ4n) is 4.22. The summed E-state index contributed by atoms with van der Waals surface area (Å²) in [5, 5.41) is 0. The van der Waals surface area contributed by atoms with E-state index >= 15 is 0 Å². The SMILES string of the molecule is CC=CC=CCCC.CCCCCCP(CCCCCC)(CCCCCC)=NC1=CC=CC1.[Ti]. The van der Waals surface area contributed by atoms with Gasteiger partial charge in [0, 0.05) is 33.8 Å². The monoisotopic (exact) mass is 523 g/mol. The number of rotatable bonds is 19. The Morgan fingerprint density at radius 3 is 1.65 bits per heavy atom. The van der Waals surface area contributed by atoms with Gasteiger partial charge in [-0.25, -0.2) is 0 Å². The molecule has 0 amide bonds. The number of hydrogen-bond acceptors (Lipinski definition) is 1. The van der Waals surface area contributed by atoms with Gasteiger partial charge in [-0.1, -0.05) is 128 Å². The Bertz CT molecular complexity index is 563. The van der Waals surface area contributed by atoms with E-state index in [0.29, 0.717) is 0 Å². The summed E-state index contributed by atoms with van der Waals surface area (Å²) in [5.41, 5.74) is 1.38. The first-order valence-corrected chi connectivity index (χ1v) is 16.7.